The summed E-state index contributed by atoms with van der Waals surface area (Å²) in [6.45, 7) is 1.76. The third kappa shape index (κ3) is 5.18. The summed E-state index contributed by atoms with van der Waals surface area (Å²) < 4.78 is 0. The van der Waals surface area contributed by atoms with Crippen molar-refractivity contribution in [3.8, 4) is 0 Å². The smallest absolute Gasteiger partial charge is 0.344 e. The van der Waals surface area contributed by atoms with Crippen LogP contribution in [0, 0.1) is 17.8 Å². The Labute approximate surface area is 143 Å². The summed E-state index contributed by atoms with van der Waals surface area (Å²) in [5.41, 5.74) is 0.878. The molecule has 0 aromatic carbocycles. The molecule has 2 rings (SSSR count). The molecule has 0 aromatic rings. The van der Waals surface area contributed by atoms with Crippen molar-refractivity contribution in [3.05, 3.63) is 0 Å². The normalized spacial score (nSPS) is 31.5. The minimum Gasteiger partial charge on any atom is -0.479 e. The summed E-state index contributed by atoms with van der Waals surface area (Å²) in [6, 6.07) is 0. The van der Waals surface area contributed by atoms with Crippen LogP contribution in [0.1, 0.15) is 64.7 Å². The number of unbranched alkanes of at least 4 members (excludes halogenated alkanes) is 3. The molecule has 0 saturated heterocycles. The molecule has 0 heterocycles. The molecule has 0 amide bonds. The lowest BCUT2D eigenvalue weighted by Crippen LogP contribution is -2.38. The molecule has 5 unspecified atom stereocenters. The molecule has 3 N–H and O–H groups in total. The van der Waals surface area contributed by atoms with Gasteiger partial charge in [-0.1, -0.05) is 37.8 Å². The quantitative estimate of drug-likeness (QED) is 0.396. The third-order valence-electron chi connectivity index (χ3n) is 5.50. The van der Waals surface area contributed by atoms with Gasteiger partial charge in [0.15, 0.2) is 0 Å². The first-order valence-corrected chi connectivity index (χ1v) is 9.29. The Morgan fingerprint density at radius 3 is 2.83 bits per heavy atom. The fourth-order valence-electron chi connectivity index (χ4n) is 4.03. The monoisotopic (exact) mass is 341 g/mol. The van der Waals surface area contributed by atoms with Gasteiger partial charge in [0, 0.05) is 5.92 Å². The summed E-state index contributed by atoms with van der Waals surface area (Å²) in [5, 5.41) is 32.9. The van der Waals surface area contributed by atoms with E-state index in [-0.39, 0.29) is 30.0 Å². The highest BCUT2D eigenvalue weighted by Crippen LogP contribution is 2.49. The van der Waals surface area contributed by atoms with Crippen LogP contribution in [0.2, 0.25) is 0 Å². The van der Waals surface area contributed by atoms with Crippen molar-refractivity contribution in [1.82, 2.24) is 0 Å². The van der Waals surface area contributed by atoms with Gasteiger partial charge in [-0.25, -0.2) is 4.79 Å². The van der Waals surface area contributed by atoms with Gasteiger partial charge < -0.3 is 20.2 Å². The lowest BCUT2D eigenvalue weighted by molar-refractivity contribution is -0.142. The van der Waals surface area contributed by atoms with Crippen molar-refractivity contribution in [2.24, 2.45) is 22.9 Å². The first-order valence-electron chi connectivity index (χ1n) is 9.29. The maximum atomic E-state index is 10.4. The number of rotatable bonds is 11. The first kappa shape index (κ1) is 19.2. The van der Waals surface area contributed by atoms with Crippen LogP contribution < -0.4 is 0 Å². The van der Waals surface area contributed by atoms with E-state index < -0.39 is 12.6 Å². The minimum absolute atomic E-state index is 0.206. The van der Waals surface area contributed by atoms with E-state index in [1.165, 1.54) is 19.3 Å². The number of hydrogen-bond donors (Lipinski definition) is 3. The number of carboxylic acid groups (broad SMARTS) is 1. The van der Waals surface area contributed by atoms with E-state index in [9.17, 15) is 15.0 Å². The van der Waals surface area contributed by atoms with E-state index in [4.69, 9.17) is 9.94 Å². The highest BCUT2D eigenvalue weighted by atomic mass is 16.6. The van der Waals surface area contributed by atoms with Crippen molar-refractivity contribution in [1.29, 1.82) is 0 Å². The summed E-state index contributed by atoms with van der Waals surface area (Å²) in [6.07, 6.45) is 8.08. The molecule has 6 heteroatoms. The van der Waals surface area contributed by atoms with Crippen LogP contribution in [0.4, 0.5) is 0 Å². The van der Waals surface area contributed by atoms with Gasteiger partial charge in [-0.2, -0.15) is 0 Å². The molecule has 5 atom stereocenters. The van der Waals surface area contributed by atoms with E-state index in [2.05, 4.69) is 12.1 Å². The van der Waals surface area contributed by atoms with E-state index in [0.29, 0.717) is 6.42 Å². The number of fused-ring (bicyclic) bond motifs is 1. The molecular weight excluding hydrogens is 310 g/mol. The summed E-state index contributed by atoms with van der Waals surface area (Å²) in [5.74, 6) is -0.380. The van der Waals surface area contributed by atoms with E-state index in [0.717, 1.165) is 37.8 Å². The summed E-state index contributed by atoms with van der Waals surface area (Å²) in [4.78, 5) is 15.2. The number of aliphatic hydroxyl groups excluding tert-OH is 2. The van der Waals surface area contributed by atoms with Crippen molar-refractivity contribution in [2.75, 3.05) is 6.61 Å². The molecule has 2 aliphatic rings. The van der Waals surface area contributed by atoms with Crippen LogP contribution in [0.25, 0.3) is 0 Å². The molecule has 2 fully saturated rings. The number of oxime groups is 1. The van der Waals surface area contributed by atoms with Crippen molar-refractivity contribution in [2.45, 2.75) is 76.9 Å². The molecule has 138 valence electrons. The number of aliphatic hydroxyl groups is 2. The standard InChI is InChI=1S/C18H31NO5/c1-2-3-4-5-6-13(20)8-7-12-9-14-15(18(12)23)10-16(14)19-24-11-17(21)22/h12-15,18,20,23H,2-11H2,1H3,(H,21,22). The van der Waals surface area contributed by atoms with Gasteiger partial charge >= 0.3 is 5.97 Å². The van der Waals surface area contributed by atoms with Crippen LogP contribution in [0.5, 0.6) is 0 Å². The predicted octanol–water partition coefficient (Wildman–Crippen LogP) is 2.57. The fourth-order valence-corrected chi connectivity index (χ4v) is 4.03. The van der Waals surface area contributed by atoms with E-state index in [1.807, 2.05) is 0 Å². The van der Waals surface area contributed by atoms with Gasteiger partial charge in [-0.3, -0.25) is 0 Å². The minimum atomic E-state index is -1.03. The Hall–Kier alpha value is -1.14. The molecule has 0 aromatic heterocycles. The molecule has 24 heavy (non-hydrogen) atoms. The zero-order valence-electron chi connectivity index (χ0n) is 14.6. The molecule has 6 nitrogen and oxygen atoms in total. The van der Waals surface area contributed by atoms with Gasteiger partial charge in [0.2, 0.25) is 6.61 Å². The van der Waals surface area contributed by atoms with Gasteiger partial charge in [-0.05, 0) is 43.9 Å². The first-order chi connectivity index (χ1) is 11.5. The molecule has 0 radical (unpaired) electrons. The lowest BCUT2D eigenvalue weighted by atomic mass is 9.73. The summed E-state index contributed by atoms with van der Waals surface area (Å²) in [7, 11) is 0. The van der Waals surface area contributed by atoms with Crippen LogP contribution in [-0.2, 0) is 9.63 Å². The topological polar surface area (TPSA) is 99.4 Å². The molecular formula is C18H31NO5. The Balaban J connectivity index is 1.68. The fraction of sp³-hybridized carbons (Fsp3) is 0.889. The lowest BCUT2D eigenvalue weighted by Gasteiger charge is -2.33. The molecule has 0 aliphatic heterocycles. The Kier molecular flexibility index (Phi) is 7.49. The molecule has 2 saturated carbocycles. The number of nitrogens with zero attached hydrogens (tertiary/aromatic N) is 1. The predicted molar refractivity (Wildman–Crippen MR) is 90.7 cm³/mol. The van der Waals surface area contributed by atoms with Gasteiger partial charge in [0.1, 0.15) is 0 Å². The molecule has 2 aliphatic carbocycles. The second-order valence-electron chi connectivity index (χ2n) is 7.29. The van der Waals surface area contributed by atoms with Crippen LogP contribution in [0.15, 0.2) is 5.16 Å². The highest BCUT2D eigenvalue weighted by molar-refractivity contribution is 5.93. The van der Waals surface area contributed by atoms with Crippen molar-refractivity contribution in [3.63, 3.8) is 0 Å². The maximum Gasteiger partial charge on any atom is 0.344 e. The van der Waals surface area contributed by atoms with Crippen molar-refractivity contribution >= 4 is 11.7 Å². The number of aliphatic carboxylic acids is 1. The zero-order chi connectivity index (χ0) is 17.5. The number of carboxylic acids is 1. The van der Waals surface area contributed by atoms with Crippen LogP contribution in [0.3, 0.4) is 0 Å². The average Bonchev–Trinajstić information content (AvgIpc) is 2.77. The molecule has 0 bridgehead atoms. The second kappa shape index (κ2) is 9.37. The van der Waals surface area contributed by atoms with Crippen molar-refractivity contribution < 1.29 is 25.0 Å². The van der Waals surface area contributed by atoms with E-state index in [1.54, 1.807) is 0 Å². The average molecular weight is 341 g/mol. The highest BCUT2D eigenvalue weighted by Gasteiger charge is 2.51. The number of hydrogen-bond acceptors (Lipinski definition) is 5. The van der Waals surface area contributed by atoms with Crippen LogP contribution >= 0.6 is 0 Å². The Morgan fingerprint density at radius 2 is 2.12 bits per heavy atom. The second-order valence-corrected chi connectivity index (χ2v) is 7.29. The summed E-state index contributed by atoms with van der Waals surface area (Å²) >= 11 is 0. The Morgan fingerprint density at radius 1 is 1.33 bits per heavy atom. The van der Waals surface area contributed by atoms with Crippen LogP contribution in [-0.4, -0.2) is 45.8 Å². The van der Waals surface area contributed by atoms with Gasteiger partial charge in [0.05, 0.1) is 17.9 Å². The molecule has 0 spiro atoms. The maximum absolute atomic E-state index is 10.4. The third-order valence-corrected chi connectivity index (χ3v) is 5.50. The largest absolute Gasteiger partial charge is 0.479 e. The zero-order valence-corrected chi connectivity index (χ0v) is 14.6. The van der Waals surface area contributed by atoms with Gasteiger partial charge in [0.25, 0.3) is 0 Å². The van der Waals surface area contributed by atoms with Gasteiger partial charge in [-0.15, -0.1) is 0 Å². The van der Waals surface area contributed by atoms with E-state index >= 15 is 0 Å². The Bertz CT molecular complexity index is 439. The number of carbonyl (C=O) groups is 1. The SMILES string of the molecule is CCCCCCC(O)CCC1CC2C(=NOCC(=O)O)CC2C1O.